The summed E-state index contributed by atoms with van der Waals surface area (Å²) in [6.45, 7) is 0. The van der Waals surface area contributed by atoms with E-state index < -0.39 is 11.7 Å². The van der Waals surface area contributed by atoms with E-state index in [1.165, 1.54) is 30.3 Å². The summed E-state index contributed by atoms with van der Waals surface area (Å²) in [4.78, 5) is 24.4. The molecule has 0 spiro atoms. The van der Waals surface area contributed by atoms with Crippen LogP contribution in [0.2, 0.25) is 10.0 Å². The molecule has 0 radical (unpaired) electrons. The SMILES string of the molecule is O=C(NC(=S)Nc1ccc(NC(=O)c2ccc(Cl)cc2Cl)cc1)c1ccccc1F. The predicted molar refractivity (Wildman–Crippen MR) is 121 cm³/mol. The van der Waals surface area contributed by atoms with Gasteiger partial charge in [-0.3, -0.25) is 14.9 Å². The summed E-state index contributed by atoms with van der Waals surface area (Å²) < 4.78 is 13.7. The Balaban J connectivity index is 1.59. The fourth-order valence-corrected chi connectivity index (χ4v) is 3.19. The third-order valence-corrected chi connectivity index (χ3v) is 4.67. The fourth-order valence-electron chi connectivity index (χ4n) is 2.49. The lowest BCUT2D eigenvalue weighted by Gasteiger charge is -2.11. The molecular weight excluding hydrogens is 448 g/mol. The first-order valence-corrected chi connectivity index (χ1v) is 9.73. The van der Waals surface area contributed by atoms with Crippen molar-refractivity contribution in [3.05, 3.63) is 93.7 Å². The van der Waals surface area contributed by atoms with E-state index in [0.29, 0.717) is 22.0 Å². The van der Waals surface area contributed by atoms with E-state index in [9.17, 15) is 14.0 Å². The van der Waals surface area contributed by atoms with E-state index in [1.54, 1.807) is 36.4 Å². The highest BCUT2D eigenvalue weighted by molar-refractivity contribution is 7.80. The molecule has 0 heterocycles. The number of benzene rings is 3. The first kappa shape index (κ1) is 21.7. The van der Waals surface area contributed by atoms with Crippen molar-refractivity contribution < 1.29 is 14.0 Å². The van der Waals surface area contributed by atoms with Crippen molar-refractivity contribution >= 4 is 63.7 Å². The van der Waals surface area contributed by atoms with Gasteiger partial charge < -0.3 is 10.6 Å². The van der Waals surface area contributed by atoms with Crippen molar-refractivity contribution in [2.45, 2.75) is 0 Å². The van der Waals surface area contributed by atoms with E-state index >= 15 is 0 Å². The van der Waals surface area contributed by atoms with Gasteiger partial charge in [0, 0.05) is 16.4 Å². The second-order valence-corrected chi connectivity index (χ2v) is 7.30. The van der Waals surface area contributed by atoms with E-state index in [-0.39, 0.29) is 21.6 Å². The Bertz CT molecular complexity index is 1120. The minimum atomic E-state index is -0.658. The van der Waals surface area contributed by atoms with Crippen LogP contribution in [0.25, 0.3) is 0 Å². The molecule has 0 aliphatic heterocycles. The highest BCUT2D eigenvalue weighted by atomic mass is 35.5. The number of carbonyl (C=O) groups is 2. The van der Waals surface area contributed by atoms with E-state index in [1.807, 2.05) is 0 Å². The summed E-state index contributed by atoms with van der Waals surface area (Å²) in [5, 5.41) is 8.64. The van der Waals surface area contributed by atoms with Crippen molar-refractivity contribution in [2.75, 3.05) is 10.6 Å². The van der Waals surface area contributed by atoms with Gasteiger partial charge in [0.1, 0.15) is 5.82 Å². The molecule has 0 unspecified atom stereocenters. The maximum atomic E-state index is 13.7. The summed E-state index contributed by atoms with van der Waals surface area (Å²) in [5.41, 5.74) is 1.27. The van der Waals surface area contributed by atoms with Crippen LogP contribution in [-0.4, -0.2) is 16.9 Å². The zero-order valence-corrected chi connectivity index (χ0v) is 17.5. The molecule has 5 nitrogen and oxygen atoms in total. The van der Waals surface area contributed by atoms with Crippen LogP contribution in [0.5, 0.6) is 0 Å². The van der Waals surface area contributed by atoms with Gasteiger partial charge in [0.15, 0.2) is 5.11 Å². The first-order chi connectivity index (χ1) is 14.3. The number of thiocarbonyl (C=S) groups is 1. The minimum absolute atomic E-state index is 0.00739. The van der Waals surface area contributed by atoms with Gasteiger partial charge in [-0.1, -0.05) is 35.3 Å². The lowest BCUT2D eigenvalue weighted by Crippen LogP contribution is -2.34. The fraction of sp³-hybridized carbons (Fsp3) is 0. The number of hydrogen-bond acceptors (Lipinski definition) is 3. The monoisotopic (exact) mass is 461 g/mol. The van der Waals surface area contributed by atoms with Crippen LogP contribution in [0, 0.1) is 5.82 Å². The Morgan fingerprint density at radius 3 is 2.07 bits per heavy atom. The van der Waals surface area contributed by atoms with Crippen molar-refractivity contribution in [3.63, 3.8) is 0 Å². The highest BCUT2D eigenvalue weighted by Crippen LogP contribution is 2.22. The number of nitrogens with one attached hydrogen (secondary N) is 3. The zero-order chi connectivity index (χ0) is 21.7. The van der Waals surface area contributed by atoms with Crippen LogP contribution in [0.3, 0.4) is 0 Å². The van der Waals surface area contributed by atoms with Gasteiger partial charge in [-0.15, -0.1) is 0 Å². The van der Waals surface area contributed by atoms with Crippen LogP contribution in [0.1, 0.15) is 20.7 Å². The number of anilines is 2. The molecule has 0 atom stereocenters. The van der Waals surface area contributed by atoms with Gasteiger partial charge in [-0.25, -0.2) is 4.39 Å². The number of carbonyl (C=O) groups excluding carboxylic acids is 2. The molecular formula is C21H14Cl2FN3O2S. The van der Waals surface area contributed by atoms with Crippen LogP contribution < -0.4 is 16.0 Å². The number of halogens is 3. The van der Waals surface area contributed by atoms with Gasteiger partial charge in [0.25, 0.3) is 11.8 Å². The summed E-state index contributed by atoms with van der Waals surface area (Å²) in [6, 6.07) is 16.8. The lowest BCUT2D eigenvalue weighted by molar-refractivity contribution is 0.0972. The average Bonchev–Trinajstić information content (AvgIpc) is 2.69. The quantitative estimate of drug-likeness (QED) is 0.447. The van der Waals surface area contributed by atoms with Crippen molar-refractivity contribution in [1.29, 1.82) is 0 Å². The van der Waals surface area contributed by atoms with Crippen molar-refractivity contribution in [3.8, 4) is 0 Å². The number of rotatable bonds is 4. The minimum Gasteiger partial charge on any atom is -0.332 e. The highest BCUT2D eigenvalue weighted by Gasteiger charge is 2.13. The van der Waals surface area contributed by atoms with Gasteiger partial charge in [0.2, 0.25) is 0 Å². The Kier molecular flexibility index (Phi) is 6.99. The lowest BCUT2D eigenvalue weighted by atomic mass is 10.2. The van der Waals surface area contributed by atoms with Gasteiger partial charge in [-0.05, 0) is 66.8 Å². The first-order valence-electron chi connectivity index (χ1n) is 8.57. The smallest absolute Gasteiger partial charge is 0.260 e. The summed E-state index contributed by atoms with van der Waals surface area (Å²) in [5.74, 6) is -1.68. The van der Waals surface area contributed by atoms with Gasteiger partial charge >= 0.3 is 0 Å². The van der Waals surface area contributed by atoms with E-state index in [2.05, 4.69) is 16.0 Å². The molecule has 0 bridgehead atoms. The molecule has 0 aromatic heterocycles. The molecule has 3 rings (SSSR count). The van der Waals surface area contributed by atoms with Crippen LogP contribution >= 0.6 is 35.4 Å². The second kappa shape index (κ2) is 9.67. The summed E-state index contributed by atoms with van der Waals surface area (Å²) in [6.07, 6.45) is 0. The molecule has 9 heteroatoms. The number of amides is 2. The van der Waals surface area contributed by atoms with Crippen LogP contribution in [-0.2, 0) is 0 Å². The standard InChI is InChI=1S/C21H14Cl2FN3O2S/c22-12-5-10-15(17(23)11-12)19(28)25-13-6-8-14(9-7-13)26-21(30)27-20(29)16-3-1-2-4-18(16)24/h1-11H,(H,25,28)(H2,26,27,29,30). The second-order valence-electron chi connectivity index (χ2n) is 6.04. The Morgan fingerprint density at radius 2 is 1.43 bits per heavy atom. The number of hydrogen-bond donors (Lipinski definition) is 3. The Morgan fingerprint density at radius 1 is 0.800 bits per heavy atom. The Hall–Kier alpha value is -3.00. The normalized spacial score (nSPS) is 10.2. The van der Waals surface area contributed by atoms with Gasteiger partial charge in [0.05, 0.1) is 16.1 Å². The Labute approximate surface area is 187 Å². The topological polar surface area (TPSA) is 70.2 Å². The zero-order valence-electron chi connectivity index (χ0n) is 15.2. The van der Waals surface area contributed by atoms with E-state index in [4.69, 9.17) is 35.4 Å². The van der Waals surface area contributed by atoms with Crippen molar-refractivity contribution in [2.24, 2.45) is 0 Å². The molecule has 3 N–H and O–H groups in total. The average molecular weight is 462 g/mol. The van der Waals surface area contributed by atoms with Crippen molar-refractivity contribution in [1.82, 2.24) is 5.32 Å². The maximum absolute atomic E-state index is 13.7. The predicted octanol–water partition coefficient (Wildman–Crippen LogP) is 5.51. The molecule has 3 aromatic carbocycles. The largest absolute Gasteiger partial charge is 0.332 e. The van der Waals surface area contributed by atoms with Crippen LogP contribution in [0.15, 0.2) is 66.7 Å². The molecule has 0 aliphatic rings. The molecule has 30 heavy (non-hydrogen) atoms. The molecule has 0 fully saturated rings. The third-order valence-electron chi connectivity index (χ3n) is 3.92. The van der Waals surface area contributed by atoms with Gasteiger partial charge in [-0.2, -0.15) is 0 Å². The molecule has 0 aliphatic carbocycles. The maximum Gasteiger partial charge on any atom is 0.260 e. The third kappa shape index (κ3) is 5.54. The molecule has 2 amide bonds. The summed E-state index contributed by atoms with van der Waals surface area (Å²) in [7, 11) is 0. The van der Waals surface area contributed by atoms with E-state index in [0.717, 1.165) is 0 Å². The molecule has 3 aromatic rings. The molecule has 152 valence electrons. The summed E-state index contributed by atoms with van der Waals surface area (Å²) >= 11 is 17.0. The molecule has 0 saturated carbocycles. The van der Waals surface area contributed by atoms with Crippen LogP contribution in [0.4, 0.5) is 15.8 Å². The molecule has 0 saturated heterocycles.